The zero-order chi connectivity index (χ0) is 12.3. The second kappa shape index (κ2) is 4.79. The summed E-state index contributed by atoms with van der Waals surface area (Å²) in [6.07, 6.45) is 0. The highest BCUT2D eigenvalue weighted by Crippen LogP contribution is 2.27. The first-order valence-corrected chi connectivity index (χ1v) is 6.74. The minimum absolute atomic E-state index is 0.0540. The third-order valence-corrected chi connectivity index (χ3v) is 3.74. The summed E-state index contributed by atoms with van der Waals surface area (Å²) in [6.45, 7) is 1.50. The zero-order valence-corrected chi connectivity index (χ0v) is 10.7. The second-order valence-corrected chi connectivity index (χ2v) is 5.79. The molecule has 0 aliphatic heterocycles. The van der Waals surface area contributed by atoms with Crippen molar-refractivity contribution in [3.05, 3.63) is 32.8 Å². The average Bonchev–Trinajstić information content (AvgIpc) is 2.16. The number of benzene rings is 1. The van der Waals surface area contributed by atoms with Gasteiger partial charge >= 0.3 is 0 Å². The number of nitrogens with one attached hydrogen (secondary N) is 1. The SMILES string of the molecule is CCS(=O)(=O)Nc1ccc([N+](=O)[O-])c(Br)c1. The molecule has 0 saturated heterocycles. The summed E-state index contributed by atoms with van der Waals surface area (Å²) in [5, 5.41) is 10.5. The van der Waals surface area contributed by atoms with Crippen molar-refractivity contribution in [1.82, 2.24) is 0 Å². The smallest absolute Gasteiger partial charge is 0.283 e. The lowest BCUT2D eigenvalue weighted by atomic mass is 10.3. The maximum Gasteiger partial charge on any atom is 0.283 e. The molecule has 0 bridgehead atoms. The number of sulfonamides is 1. The third kappa shape index (κ3) is 3.17. The van der Waals surface area contributed by atoms with Crippen molar-refractivity contribution in [2.45, 2.75) is 6.92 Å². The van der Waals surface area contributed by atoms with Crippen molar-refractivity contribution in [1.29, 1.82) is 0 Å². The van der Waals surface area contributed by atoms with Crippen LogP contribution in [-0.4, -0.2) is 19.1 Å². The average molecular weight is 309 g/mol. The van der Waals surface area contributed by atoms with E-state index >= 15 is 0 Å². The Hall–Kier alpha value is -1.15. The highest BCUT2D eigenvalue weighted by atomic mass is 79.9. The van der Waals surface area contributed by atoms with E-state index in [-0.39, 0.29) is 15.9 Å². The molecule has 0 aliphatic rings. The molecule has 8 heteroatoms. The monoisotopic (exact) mass is 308 g/mol. The molecule has 0 unspecified atom stereocenters. The summed E-state index contributed by atoms with van der Waals surface area (Å²) in [7, 11) is -3.36. The van der Waals surface area contributed by atoms with Gasteiger partial charge in [-0.2, -0.15) is 0 Å². The fourth-order valence-electron chi connectivity index (χ4n) is 0.970. The van der Waals surface area contributed by atoms with E-state index < -0.39 is 14.9 Å². The number of nitro benzene ring substituents is 1. The van der Waals surface area contributed by atoms with E-state index in [9.17, 15) is 18.5 Å². The van der Waals surface area contributed by atoms with Crippen LogP contribution in [0.1, 0.15) is 6.92 Å². The molecule has 0 fully saturated rings. The van der Waals surface area contributed by atoms with Crippen LogP contribution in [0.2, 0.25) is 0 Å². The first kappa shape index (κ1) is 12.9. The molecule has 0 heterocycles. The van der Waals surface area contributed by atoms with Crippen molar-refractivity contribution in [2.24, 2.45) is 0 Å². The van der Waals surface area contributed by atoms with Gasteiger partial charge in [-0.25, -0.2) is 8.42 Å². The Kier molecular flexibility index (Phi) is 3.87. The van der Waals surface area contributed by atoms with Crippen molar-refractivity contribution < 1.29 is 13.3 Å². The van der Waals surface area contributed by atoms with Crippen molar-refractivity contribution in [3.8, 4) is 0 Å². The van der Waals surface area contributed by atoms with Gasteiger partial charge in [-0.15, -0.1) is 0 Å². The van der Waals surface area contributed by atoms with Gasteiger partial charge in [0, 0.05) is 6.07 Å². The fourth-order valence-corrected chi connectivity index (χ4v) is 2.12. The lowest BCUT2D eigenvalue weighted by Crippen LogP contribution is -2.14. The Morgan fingerprint density at radius 2 is 2.12 bits per heavy atom. The van der Waals surface area contributed by atoms with Crippen LogP contribution in [0.15, 0.2) is 22.7 Å². The van der Waals surface area contributed by atoms with Crippen LogP contribution >= 0.6 is 15.9 Å². The van der Waals surface area contributed by atoms with Gasteiger partial charge in [0.1, 0.15) is 0 Å². The highest BCUT2D eigenvalue weighted by molar-refractivity contribution is 9.10. The molecule has 1 rings (SSSR count). The van der Waals surface area contributed by atoms with Crippen LogP contribution in [0, 0.1) is 10.1 Å². The molecule has 0 radical (unpaired) electrons. The number of nitrogens with zero attached hydrogens (tertiary/aromatic N) is 1. The summed E-state index contributed by atoms with van der Waals surface area (Å²) in [4.78, 5) is 9.96. The predicted octanol–water partition coefficient (Wildman–Crippen LogP) is 2.12. The van der Waals surface area contributed by atoms with Gasteiger partial charge in [0.15, 0.2) is 0 Å². The summed E-state index contributed by atoms with van der Waals surface area (Å²) < 4.78 is 25.0. The van der Waals surface area contributed by atoms with Crippen molar-refractivity contribution in [3.63, 3.8) is 0 Å². The molecule has 6 nitrogen and oxygen atoms in total. The molecule has 0 spiro atoms. The molecule has 0 amide bonds. The summed E-state index contributed by atoms with van der Waals surface area (Å²) >= 11 is 3.00. The lowest BCUT2D eigenvalue weighted by molar-refractivity contribution is -0.385. The van der Waals surface area contributed by atoms with E-state index in [0.29, 0.717) is 5.69 Å². The number of hydrogen-bond acceptors (Lipinski definition) is 4. The Morgan fingerprint density at radius 1 is 1.50 bits per heavy atom. The van der Waals surface area contributed by atoms with Gasteiger partial charge in [0.05, 0.1) is 20.8 Å². The first-order chi connectivity index (χ1) is 7.35. The summed E-state index contributed by atoms with van der Waals surface area (Å²) in [6, 6.07) is 3.93. The second-order valence-electron chi connectivity index (χ2n) is 2.93. The van der Waals surface area contributed by atoms with E-state index in [1.165, 1.54) is 25.1 Å². The lowest BCUT2D eigenvalue weighted by Gasteiger charge is -2.06. The minimum Gasteiger partial charge on any atom is -0.284 e. The van der Waals surface area contributed by atoms with E-state index in [2.05, 4.69) is 20.7 Å². The van der Waals surface area contributed by atoms with Gasteiger partial charge in [0.25, 0.3) is 5.69 Å². The Morgan fingerprint density at radius 3 is 2.56 bits per heavy atom. The topological polar surface area (TPSA) is 89.3 Å². The predicted molar refractivity (Wildman–Crippen MR) is 63.9 cm³/mol. The molecule has 88 valence electrons. The van der Waals surface area contributed by atoms with E-state index in [0.717, 1.165) is 0 Å². The Balaban J connectivity index is 3.03. The Labute approximate surface area is 101 Å². The molecular weight excluding hydrogens is 300 g/mol. The van der Waals surface area contributed by atoms with Crippen LogP contribution in [0.4, 0.5) is 11.4 Å². The standard InChI is InChI=1S/C8H9BrN2O4S/c1-2-16(14,15)10-6-3-4-8(11(12)13)7(9)5-6/h3-5,10H,2H2,1H3. The number of nitro groups is 1. The largest absolute Gasteiger partial charge is 0.284 e. The first-order valence-electron chi connectivity index (χ1n) is 4.30. The highest BCUT2D eigenvalue weighted by Gasteiger charge is 2.13. The maximum atomic E-state index is 11.2. The number of hydrogen-bond donors (Lipinski definition) is 1. The molecule has 16 heavy (non-hydrogen) atoms. The van der Waals surface area contributed by atoms with Gasteiger partial charge in [0.2, 0.25) is 10.0 Å². The van der Waals surface area contributed by atoms with Gasteiger partial charge < -0.3 is 0 Å². The molecule has 0 atom stereocenters. The zero-order valence-electron chi connectivity index (χ0n) is 8.31. The fraction of sp³-hybridized carbons (Fsp3) is 0.250. The van der Waals surface area contributed by atoms with E-state index in [1.807, 2.05) is 0 Å². The molecule has 0 aromatic heterocycles. The molecular formula is C8H9BrN2O4S. The molecule has 0 aliphatic carbocycles. The maximum absolute atomic E-state index is 11.2. The molecule has 1 aromatic carbocycles. The van der Waals surface area contributed by atoms with E-state index in [4.69, 9.17) is 0 Å². The van der Waals surface area contributed by atoms with Gasteiger partial charge in [-0.3, -0.25) is 14.8 Å². The number of rotatable bonds is 4. The van der Waals surface area contributed by atoms with Gasteiger partial charge in [-0.05, 0) is 35.0 Å². The van der Waals surface area contributed by atoms with Crippen LogP contribution in [0.25, 0.3) is 0 Å². The number of halogens is 1. The van der Waals surface area contributed by atoms with Crippen molar-refractivity contribution in [2.75, 3.05) is 10.5 Å². The van der Waals surface area contributed by atoms with Gasteiger partial charge in [-0.1, -0.05) is 0 Å². The van der Waals surface area contributed by atoms with Crippen molar-refractivity contribution >= 4 is 37.3 Å². The normalized spacial score (nSPS) is 11.1. The molecule has 0 saturated carbocycles. The molecule has 1 aromatic rings. The quantitative estimate of drug-likeness (QED) is 0.681. The van der Waals surface area contributed by atoms with Crippen LogP contribution in [0.3, 0.4) is 0 Å². The third-order valence-electron chi connectivity index (χ3n) is 1.80. The van der Waals surface area contributed by atoms with Crippen LogP contribution < -0.4 is 4.72 Å². The summed E-state index contributed by atoms with van der Waals surface area (Å²) in [5.41, 5.74) is 0.179. The van der Waals surface area contributed by atoms with Crippen LogP contribution in [-0.2, 0) is 10.0 Å². The molecule has 1 N–H and O–H groups in total. The summed E-state index contributed by atoms with van der Waals surface area (Å²) in [5.74, 6) is -0.0540. The van der Waals surface area contributed by atoms with E-state index in [1.54, 1.807) is 0 Å². The Bertz CT molecular complexity index is 515. The number of anilines is 1. The van der Waals surface area contributed by atoms with Crippen LogP contribution in [0.5, 0.6) is 0 Å². The minimum atomic E-state index is -3.36.